The third-order valence-corrected chi connectivity index (χ3v) is 10.3. The van der Waals surface area contributed by atoms with Gasteiger partial charge in [-0.15, -0.1) is 20.4 Å². The van der Waals surface area contributed by atoms with Crippen molar-refractivity contribution in [1.29, 1.82) is 0 Å². The summed E-state index contributed by atoms with van der Waals surface area (Å²) in [5.41, 5.74) is 7.82. The highest BCUT2D eigenvalue weighted by Gasteiger charge is 2.26. The lowest BCUT2D eigenvalue weighted by molar-refractivity contribution is 0.100. The van der Waals surface area contributed by atoms with E-state index in [2.05, 4.69) is 20.4 Å². The first kappa shape index (κ1) is 39.4. The molecule has 59 heavy (non-hydrogen) atoms. The van der Waals surface area contributed by atoms with Crippen molar-refractivity contribution in [2.45, 2.75) is 32.9 Å². The number of aliphatic hydroxyl groups excluding tert-OH is 1. The summed E-state index contributed by atoms with van der Waals surface area (Å²) < 4.78 is 26.1. The van der Waals surface area contributed by atoms with Crippen LogP contribution < -0.4 is 14.2 Å². The summed E-state index contributed by atoms with van der Waals surface area (Å²) in [7, 11) is 4.94. The largest absolute Gasteiger partial charge is 0.497 e. The van der Waals surface area contributed by atoms with Crippen LogP contribution in [0.15, 0.2) is 119 Å². The van der Waals surface area contributed by atoms with Gasteiger partial charge in [-0.2, -0.15) is 0 Å². The molecule has 7 aromatic rings. The molecule has 9 rings (SSSR count). The van der Waals surface area contributed by atoms with Crippen LogP contribution in [0.5, 0.6) is 17.2 Å². The minimum atomic E-state index is -0.209. The first-order valence-corrected chi connectivity index (χ1v) is 19.3. The average Bonchev–Trinajstić information content (AvgIpc) is 3.79. The van der Waals surface area contributed by atoms with Crippen LogP contribution in [0.1, 0.15) is 51.1 Å². The van der Waals surface area contributed by atoms with Crippen LogP contribution in [0.3, 0.4) is 0 Å². The predicted molar refractivity (Wildman–Crippen MR) is 225 cm³/mol. The summed E-state index contributed by atoms with van der Waals surface area (Å²) in [5.74, 6) is 4.85. The summed E-state index contributed by atoms with van der Waals surface area (Å²) in [6, 6.07) is 34.6. The highest BCUT2D eigenvalue weighted by atomic mass is 35.5. The molecule has 0 saturated carbocycles. The SMILES string of the molecule is COc1ccc(COCc2nnc3n2-c2ccc(Cl)cc2C(c2ccccc2OC)=NC3)cc1.COc1ccccc1C1=NCc2nnc(CO)n2-c2ccc(Cl)cc21. The molecule has 5 aromatic carbocycles. The number of fused-ring (bicyclic) bond motifs is 6. The molecule has 13 nitrogen and oxygen atoms in total. The molecule has 0 spiro atoms. The highest BCUT2D eigenvalue weighted by molar-refractivity contribution is 6.32. The van der Waals surface area contributed by atoms with Crippen molar-refractivity contribution in [3.63, 3.8) is 0 Å². The molecular formula is C44H38Cl2N8O5. The minimum absolute atomic E-state index is 0.209. The maximum absolute atomic E-state index is 9.61. The molecule has 0 unspecified atom stereocenters. The quantitative estimate of drug-likeness (QED) is 0.146. The molecule has 0 amide bonds. The maximum Gasteiger partial charge on any atom is 0.163 e. The summed E-state index contributed by atoms with van der Waals surface area (Å²) >= 11 is 12.7. The fraction of sp³-hybridized carbons (Fsp3) is 0.182. The molecule has 2 aliphatic rings. The third kappa shape index (κ3) is 8.05. The Labute approximate surface area is 350 Å². The van der Waals surface area contributed by atoms with Gasteiger partial charge in [-0.1, -0.05) is 59.6 Å². The normalized spacial score (nSPS) is 12.6. The average molecular weight is 830 g/mol. The van der Waals surface area contributed by atoms with Crippen molar-refractivity contribution in [2.24, 2.45) is 9.98 Å². The number of nitrogens with zero attached hydrogens (tertiary/aromatic N) is 8. The molecule has 0 aliphatic carbocycles. The Bertz CT molecular complexity index is 2690. The Morgan fingerprint density at radius 2 is 1.07 bits per heavy atom. The van der Waals surface area contributed by atoms with Crippen LogP contribution in [0.4, 0.5) is 0 Å². The maximum atomic E-state index is 9.61. The number of para-hydroxylation sites is 2. The third-order valence-electron chi connectivity index (χ3n) is 9.79. The van der Waals surface area contributed by atoms with Crippen molar-refractivity contribution in [3.05, 3.63) is 170 Å². The van der Waals surface area contributed by atoms with Gasteiger partial charge in [0.05, 0.1) is 50.7 Å². The predicted octanol–water partition coefficient (Wildman–Crippen LogP) is 7.78. The van der Waals surface area contributed by atoms with Crippen LogP contribution in [0.2, 0.25) is 10.0 Å². The van der Waals surface area contributed by atoms with Gasteiger partial charge in [0.25, 0.3) is 0 Å². The van der Waals surface area contributed by atoms with Crippen LogP contribution in [-0.2, 0) is 37.6 Å². The molecule has 0 saturated heterocycles. The van der Waals surface area contributed by atoms with Gasteiger partial charge in [-0.3, -0.25) is 19.1 Å². The van der Waals surface area contributed by atoms with E-state index in [0.717, 1.165) is 73.7 Å². The molecule has 2 aliphatic heterocycles. The monoisotopic (exact) mass is 828 g/mol. The lowest BCUT2D eigenvalue weighted by Gasteiger charge is -2.15. The van der Waals surface area contributed by atoms with E-state index in [-0.39, 0.29) is 6.61 Å². The van der Waals surface area contributed by atoms with E-state index in [1.54, 1.807) is 27.4 Å². The summed E-state index contributed by atoms with van der Waals surface area (Å²) in [6.07, 6.45) is 0. The second-order valence-corrected chi connectivity index (χ2v) is 14.2. The van der Waals surface area contributed by atoms with Crippen LogP contribution in [0.25, 0.3) is 11.4 Å². The zero-order valence-electron chi connectivity index (χ0n) is 32.3. The number of ether oxygens (including phenoxy) is 4. The topological polar surface area (TPSA) is 143 Å². The Hall–Kier alpha value is -6.38. The van der Waals surface area contributed by atoms with E-state index in [4.69, 9.17) is 52.1 Å². The van der Waals surface area contributed by atoms with E-state index >= 15 is 0 Å². The fourth-order valence-electron chi connectivity index (χ4n) is 7.04. The molecule has 0 fully saturated rings. The Morgan fingerprint density at radius 3 is 1.58 bits per heavy atom. The van der Waals surface area contributed by atoms with E-state index in [1.807, 2.05) is 112 Å². The zero-order valence-corrected chi connectivity index (χ0v) is 33.9. The van der Waals surface area contributed by atoms with E-state index < -0.39 is 0 Å². The van der Waals surface area contributed by atoms with Gasteiger partial charge in [0.1, 0.15) is 43.6 Å². The molecule has 4 heterocycles. The molecule has 298 valence electrons. The molecule has 2 aromatic heterocycles. The number of rotatable bonds is 10. The number of aliphatic imine (C=N–C) groups is 2. The molecule has 0 atom stereocenters. The van der Waals surface area contributed by atoms with E-state index in [9.17, 15) is 5.11 Å². The van der Waals surface area contributed by atoms with Gasteiger partial charge in [-0.25, -0.2) is 0 Å². The smallest absolute Gasteiger partial charge is 0.163 e. The van der Waals surface area contributed by atoms with E-state index in [0.29, 0.717) is 53.8 Å². The Morgan fingerprint density at radius 1 is 0.559 bits per heavy atom. The van der Waals surface area contributed by atoms with Gasteiger partial charge >= 0.3 is 0 Å². The van der Waals surface area contributed by atoms with Gasteiger partial charge in [-0.05, 0) is 78.4 Å². The van der Waals surface area contributed by atoms with Crippen molar-refractivity contribution in [3.8, 4) is 28.6 Å². The Balaban J connectivity index is 0.000000172. The number of methoxy groups -OCH3 is 3. The number of hydrogen-bond donors (Lipinski definition) is 1. The van der Waals surface area contributed by atoms with Crippen LogP contribution in [-0.4, -0.2) is 67.4 Å². The lowest BCUT2D eigenvalue weighted by atomic mass is 9.99. The number of halogens is 2. The van der Waals surface area contributed by atoms with Crippen molar-refractivity contribution in [1.82, 2.24) is 29.5 Å². The van der Waals surface area contributed by atoms with Crippen molar-refractivity contribution < 1.29 is 24.1 Å². The second-order valence-electron chi connectivity index (χ2n) is 13.3. The minimum Gasteiger partial charge on any atom is -0.497 e. The standard InChI is InChI=1S/C26H23ClN4O3.C18H15ClN4O2/c1-32-19-10-7-17(8-11-19)15-34-16-25-30-29-24-14-28-26(20-5-3-4-6-23(20)33-2)21-13-18(27)9-12-22(21)31(24)25;1-25-15-5-3-2-4-12(15)18-13-8-11(19)6-7-14(13)23-16(9-20-18)21-22-17(23)10-24/h3-13H,14-16H2,1-2H3;2-8,24H,9-10H2,1H3. The van der Waals surface area contributed by atoms with Crippen LogP contribution >= 0.6 is 23.2 Å². The number of hydrogen-bond acceptors (Lipinski definition) is 11. The van der Waals surface area contributed by atoms with Crippen molar-refractivity contribution >= 4 is 34.6 Å². The lowest BCUT2D eigenvalue weighted by Crippen LogP contribution is -2.11. The van der Waals surface area contributed by atoms with E-state index in [1.165, 1.54) is 0 Å². The van der Waals surface area contributed by atoms with Gasteiger partial charge in [0.15, 0.2) is 23.3 Å². The van der Waals surface area contributed by atoms with Crippen LogP contribution in [0, 0.1) is 0 Å². The molecular weight excluding hydrogens is 791 g/mol. The molecule has 0 bridgehead atoms. The summed E-state index contributed by atoms with van der Waals surface area (Å²) in [6.45, 7) is 1.24. The molecule has 15 heteroatoms. The van der Waals surface area contributed by atoms with Gasteiger partial charge in [0, 0.05) is 32.3 Å². The van der Waals surface area contributed by atoms with Gasteiger partial charge < -0.3 is 24.1 Å². The van der Waals surface area contributed by atoms with Crippen molar-refractivity contribution in [2.75, 3.05) is 21.3 Å². The number of aromatic nitrogens is 6. The molecule has 0 radical (unpaired) electrons. The second kappa shape index (κ2) is 17.6. The van der Waals surface area contributed by atoms with Gasteiger partial charge in [0.2, 0.25) is 0 Å². The number of aliphatic hydroxyl groups is 1. The number of benzene rings is 5. The zero-order chi connectivity index (χ0) is 40.9. The first-order valence-electron chi connectivity index (χ1n) is 18.5. The first-order chi connectivity index (χ1) is 28.9. The summed E-state index contributed by atoms with van der Waals surface area (Å²) in [4.78, 5) is 9.63. The summed E-state index contributed by atoms with van der Waals surface area (Å²) in [5, 5.41) is 27.8. The molecule has 1 N–H and O–H groups in total. The highest BCUT2D eigenvalue weighted by Crippen LogP contribution is 2.33. The fourth-order valence-corrected chi connectivity index (χ4v) is 7.39. The Kier molecular flexibility index (Phi) is 11.8.